The average molecular weight is 485 g/mol. The molecule has 3 rings (SSSR count). The summed E-state index contributed by atoms with van der Waals surface area (Å²) in [6.07, 6.45) is 4.09. The van der Waals surface area contributed by atoms with Crippen LogP contribution in [0.5, 0.6) is 0 Å². The minimum Gasteiger partial charge on any atom is -0.310 e. The van der Waals surface area contributed by atoms with Gasteiger partial charge in [0.05, 0.1) is 0 Å². The highest BCUT2D eigenvalue weighted by atomic mass is 79.9. The molecule has 1 saturated heterocycles. The van der Waals surface area contributed by atoms with Crippen LogP contribution in [0.15, 0.2) is 52.5 Å². The Morgan fingerprint density at radius 1 is 1.18 bits per heavy atom. The van der Waals surface area contributed by atoms with Crippen LogP contribution in [0.1, 0.15) is 18.4 Å². The number of carbonyl (C=O) groups is 1. The summed E-state index contributed by atoms with van der Waals surface area (Å²) in [5, 5.41) is 4.57. The summed E-state index contributed by atoms with van der Waals surface area (Å²) >= 11 is 9.13. The van der Waals surface area contributed by atoms with Crippen molar-refractivity contribution in [2.45, 2.75) is 12.8 Å². The maximum Gasteiger partial charge on any atom is 0.236 e. The molecule has 1 aromatic heterocycles. The summed E-state index contributed by atoms with van der Waals surface area (Å²) in [6, 6.07) is 10.4. The van der Waals surface area contributed by atoms with Crippen LogP contribution >= 0.6 is 27.5 Å². The molecule has 1 amide bonds. The average Bonchev–Trinajstić information content (AvgIpc) is 2.69. The minimum atomic E-state index is -3.53. The number of amides is 1. The summed E-state index contributed by atoms with van der Waals surface area (Å²) < 4.78 is 27.3. The Labute approximate surface area is 177 Å². The molecule has 0 aliphatic carbocycles. The zero-order valence-electron chi connectivity index (χ0n) is 14.9. The van der Waals surface area contributed by atoms with Crippen molar-refractivity contribution in [2.24, 2.45) is 5.92 Å². The predicted molar refractivity (Wildman–Crippen MR) is 114 cm³/mol. The van der Waals surface area contributed by atoms with E-state index in [0.29, 0.717) is 36.8 Å². The van der Waals surface area contributed by atoms with Gasteiger partial charge in [0.15, 0.2) is 0 Å². The molecule has 0 spiro atoms. The number of carbonyl (C=O) groups excluding carboxylic acids is 1. The quantitative estimate of drug-likeness (QED) is 0.691. The maximum absolute atomic E-state index is 12.5. The smallest absolute Gasteiger partial charge is 0.236 e. The summed E-state index contributed by atoms with van der Waals surface area (Å²) in [7, 11) is -3.53. The third-order valence-electron chi connectivity index (χ3n) is 4.47. The van der Waals surface area contributed by atoms with E-state index < -0.39 is 10.0 Å². The number of halogens is 2. The molecule has 148 valence electrons. The largest absolute Gasteiger partial charge is 0.310 e. The van der Waals surface area contributed by atoms with E-state index in [2.05, 4.69) is 26.2 Å². The molecular weight excluding hydrogens is 466 g/mol. The van der Waals surface area contributed by atoms with E-state index in [4.69, 9.17) is 11.6 Å². The predicted octanol–water partition coefficient (Wildman–Crippen LogP) is 4.15. The lowest BCUT2D eigenvalue weighted by Gasteiger charge is -2.29. The summed E-state index contributed by atoms with van der Waals surface area (Å²) in [6.45, 7) is 0.609. The second-order valence-electron chi connectivity index (χ2n) is 6.42. The van der Waals surface area contributed by atoms with E-state index in [-0.39, 0.29) is 11.8 Å². The van der Waals surface area contributed by atoms with Gasteiger partial charge >= 0.3 is 0 Å². The third kappa shape index (κ3) is 5.64. The zero-order valence-corrected chi connectivity index (χ0v) is 18.0. The van der Waals surface area contributed by atoms with Crippen LogP contribution in [0.25, 0.3) is 6.08 Å². The van der Waals surface area contributed by atoms with Gasteiger partial charge in [-0.05, 0) is 64.7 Å². The van der Waals surface area contributed by atoms with E-state index >= 15 is 0 Å². The number of anilines is 1. The number of hydrogen-bond donors (Lipinski definition) is 1. The van der Waals surface area contributed by atoms with Gasteiger partial charge in [-0.2, -0.15) is 4.31 Å². The Morgan fingerprint density at radius 2 is 1.86 bits per heavy atom. The highest BCUT2D eigenvalue weighted by molar-refractivity contribution is 9.10. The molecule has 2 aromatic rings. The highest BCUT2D eigenvalue weighted by Crippen LogP contribution is 2.22. The van der Waals surface area contributed by atoms with Gasteiger partial charge in [-0.3, -0.25) is 4.79 Å². The number of sulfonamides is 1. The van der Waals surface area contributed by atoms with Crippen molar-refractivity contribution in [1.82, 2.24) is 9.29 Å². The fraction of sp³-hybridized carbons (Fsp3) is 0.263. The SMILES string of the molecule is O=C(Nc1ccc(Br)cn1)C1CCN(S(=O)(=O)/C=C/c2ccc(Cl)cc2)CC1. The molecule has 1 aliphatic heterocycles. The standard InChI is InChI=1S/C19H19BrClN3O3S/c20-16-3-6-18(22-13-16)23-19(25)15-7-10-24(11-8-15)28(26,27)12-9-14-1-4-17(21)5-2-14/h1-6,9,12-13,15H,7-8,10-11H2,(H,22,23,25)/b12-9+. The molecule has 0 bridgehead atoms. The molecule has 0 atom stereocenters. The van der Waals surface area contributed by atoms with Gasteiger partial charge in [0.1, 0.15) is 5.82 Å². The molecule has 2 heterocycles. The molecule has 1 aromatic carbocycles. The first-order chi connectivity index (χ1) is 13.3. The molecule has 28 heavy (non-hydrogen) atoms. The molecule has 1 fully saturated rings. The monoisotopic (exact) mass is 483 g/mol. The number of aromatic nitrogens is 1. The number of nitrogens with one attached hydrogen (secondary N) is 1. The van der Waals surface area contributed by atoms with E-state index in [1.807, 2.05) is 0 Å². The summed E-state index contributed by atoms with van der Waals surface area (Å²) in [5.74, 6) is 0.106. The topological polar surface area (TPSA) is 79.4 Å². The normalized spacial score (nSPS) is 16.4. The molecule has 0 unspecified atom stereocenters. The number of pyridine rings is 1. The van der Waals surface area contributed by atoms with Gasteiger partial charge < -0.3 is 5.32 Å². The van der Waals surface area contributed by atoms with Crippen LogP contribution in [-0.2, 0) is 14.8 Å². The van der Waals surface area contributed by atoms with Gasteiger partial charge in [-0.15, -0.1) is 0 Å². The number of hydrogen-bond acceptors (Lipinski definition) is 4. The minimum absolute atomic E-state index is 0.136. The van der Waals surface area contributed by atoms with Crippen molar-refractivity contribution in [1.29, 1.82) is 0 Å². The van der Waals surface area contributed by atoms with Crippen LogP contribution in [-0.4, -0.2) is 36.7 Å². The molecular formula is C19H19BrClN3O3S. The third-order valence-corrected chi connectivity index (χ3v) is 6.75. The summed E-state index contributed by atoms with van der Waals surface area (Å²) in [4.78, 5) is 16.5. The Balaban J connectivity index is 1.55. The second kappa shape index (κ2) is 9.17. The Hall–Kier alpha value is -1.74. The van der Waals surface area contributed by atoms with E-state index in [1.54, 1.807) is 48.7 Å². The lowest BCUT2D eigenvalue weighted by molar-refractivity contribution is -0.120. The van der Waals surface area contributed by atoms with Gasteiger partial charge in [0, 0.05) is 40.1 Å². The number of nitrogens with zero attached hydrogens (tertiary/aromatic N) is 2. The molecule has 9 heteroatoms. The number of rotatable bonds is 5. The first-order valence-corrected chi connectivity index (χ1v) is 11.4. The molecule has 1 aliphatic rings. The van der Waals surface area contributed by atoms with Crippen LogP contribution in [0.2, 0.25) is 5.02 Å². The van der Waals surface area contributed by atoms with Gasteiger partial charge in [0.25, 0.3) is 0 Å². The van der Waals surface area contributed by atoms with Crippen molar-refractivity contribution >= 4 is 55.4 Å². The van der Waals surface area contributed by atoms with Crippen molar-refractivity contribution < 1.29 is 13.2 Å². The van der Waals surface area contributed by atoms with Crippen molar-refractivity contribution in [3.05, 3.63) is 63.1 Å². The van der Waals surface area contributed by atoms with E-state index in [9.17, 15) is 13.2 Å². The Kier molecular flexibility index (Phi) is 6.87. The fourth-order valence-electron chi connectivity index (χ4n) is 2.88. The van der Waals surface area contributed by atoms with Crippen LogP contribution < -0.4 is 5.32 Å². The molecule has 0 radical (unpaired) electrons. The lowest BCUT2D eigenvalue weighted by Crippen LogP contribution is -2.40. The summed E-state index contributed by atoms with van der Waals surface area (Å²) in [5.41, 5.74) is 0.754. The molecule has 1 N–H and O–H groups in total. The highest BCUT2D eigenvalue weighted by Gasteiger charge is 2.30. The van der Waals surface area contributed by atoms with E-state index in [1.165, 1.54) is 9.71 Å². The number of benzene rings is 1. The van der Waals surface area contributed by atoms with Crippen molar-refractivity contribution in [2.75, 3.05) is 18.4 Å². The van der Waals surface area contributed by atoms with Crippen LogP contribution in [0.3, 0.4) is 0 Å². The van der Waals surface area contributed by atoms with Crippen LogP contribution in [0.4, 0.5) is 5.82 Å². The fourth-order valence-corrected chi connectivity index (χ4v) is 4.46. The van der Waals surface area contributed by atoms with Gasteiger partial charge in [-0.25, -0.2) is 13.4 Å². The molecule has 0 saturated carbocycles. The van der Waals surface area contributed by atoms with Crippen molar-refractivity contribution in [3.8, 4) is 0 Å². The Morgan fingerprint density at radius 3 is 2.46 bits per heavy atom. The van der Waals surface area contributed by atoms with Gasteiger partial charge in [-0.1, -0.05) is 23.7 Å². The lowest BCUT2D eigenvalue weighted by atomic mass is 9.97. The molecule has 6 nitrogen and oxygen atoms in total. The van der Waals surface area contributed by atoms with Crippen molar-refractivity contribution in [3.63, 3.8) is 0 Å². The Bertz CT molecular complexity index is 955. The van der Waals surface area contributed by atoms with Crippen LogP contribution in [0, 0.1) is 5.92 Å². The zero-order chi connectivity index (χ0) is 20.1. The first-order valence-electron chi connectivity index (χ1n) is 8.70. The number of piperidine rings is 1. The first kappa shape index (κ1) is 21.0. The van der Waals surface area contributed by atoms with Gasteiger partial charge in [0.2, 0.25) is 15.9 Å². The van der Waals surface area contributed by atoms with E-state index in [0.717, 1.165) is 10.0 Å². The second-order valence-corrected chi connectivity index (χ2v) is 9.59. The maximum atomic E-state index is 12.5.